The van der Waals surface area contributed by atoms with Gasteiger partial charge in [0.2, 0.25) is 6.41 Å². The number of amides is 1. The smallest absolute Gasteiger partial charge is 0.207 e. The first-order valence-electron chi connectivity index (χ1n) is 9.84. The molecule has 3 rings (SSSR count). The fourth-order valence-electron chi connectivity index (χ4n) is 3.94. The van der Waals surface area contributed by atoms with Crippen LogP contribution in [0.3, 0.4) is 0 Å². The molecule has 1 aliphatic carbocycles. The number of nitrogens with two attached hydrogens (primary N) is 1. The van der Waals surface area contributed by atoms with E-state index < -0.39 is 0 Å². The summed E-state index contributed by atoms with van der Waals surface area (Å²) < 4.78 is 2.33. The van der Waals surface area contributed by atoms with Crippen molar-refractivity contribution in [2.24, 2.45) is 21.6 Å². The van der Waals surface area contributed by atoms with E-state index in [-0.39, 0.29) is 12.1 Å². The maximum Gasteiger partial charge on any atom is 0.207 e. The second-order valence-electron chi connectivity index (χ2n) is 7.74. The highest BCUT2D eigenvalue weighted by Gasteiger charge is 2.27. The third kappa shape index (κ3) is 4.37. The molecule has 0 radical (unpaired) electrons. The first-order chi connectivity index (χ1) is 13.5. The maximum atomic E-state index is 10.9. The maximum absolute atomic E-state index is 10.9. The molecule has 1 fully saturated rings. The van der Waals surface area contributed by atoms with Gasteiger partial charge in [-0.15, -0.1) is 0 Å². The highest BCUT2D eigenvalue weighted by molar-refractivity contribution is 6.01. The molecule has 1 amide bonds. The zero-order valence-electron chi connectivity index (χ0n) is 16.8. The van der Waals surface area contributed by atoms with Gasteiger partial charge in [-0.05, 0) is 37.7 Å². The molecular weight excluding hydrogens is 354 g/mol. The Morgan fingerprint density at radius 2 is 2.29 bits per heavy atom. The molecule has 0 saturated heterocycles. The minimum atomic E-state index is 0.203. The van der Waals surface area contributed by atoms with Crippen LogP contribution in [0.5, 0.6) is 0 Å². The Balaban J connectivity index is 2.06. The summed E-state index contributed by atoms with van der Waals surface area (Å²) in [6.45, 7) is 4.39. The fourth-order valence-corrected chi connectivity index (χ4v) is 3.94. The summed E-state index contributed by atoms with van der Waals surface area (Å²) in [4.78, 5) is 28.2. The molecule has 3 N–H and O–H groups in total. The van der Waals surface area contributed by atoms with E-state index in [4.69, 9.17) is 10.7 Å². The van der Waals surface area contributed by atoms with Crippen LogP contribution >= 0.6 is 0 Å². The molecule has 2 unspecified atom stereocenters. The number of aromatic nitrogens is 3. The molecule has 0 spiro atoms. The Kier molecular flexibility index (Phi) is 6.38. The van der Waals surface area contributed by atoms with Crippen LogP contribution in [0, 0.1) is 5.92 Å². The Morgan fingerprint density at radius 3 is 3.00 bits per heavy atom. The zero-order valence-corrected chi connectivity index (χ0v) is 16.8. The Hall–Kier alpha value is -2.77. The number of hydrogen-bond donors (Lipinski definition) is 2. The number of pyridine rings is 1. The molecular formula is C20H29N7O. The minimum absolute atomic E-state index is 0.203. The quantitative estimate of drug-likeness (QED) is 0.434. The number of imidazole rings is 1. The molecule has 28 heavy (non-hydrogen) atoms. The lowest BCUT2D eigenvalue weighted by Gasteiger charge is -2.31. The minimum Gasteiger partial charge on any atom is -0.382 e. The van der Waals surface area contributed by atoms with Crippen molar-refractivity contribution in [3.63, 3.8) is 0 Å². The Morgan fingerprint density at radius 1 is 1.46 bits per heavy atom. The van der Waals surface area contributed by atoms with Crippen molar-refractivity contribution in [3.05, 3.63) is 23.8 Å². The predicted octanol–water partition coefficient (Wildman–Crippen LogP) is 2.22. The summed E-state index contributed by atoms with van der Waals surface area (Å²) in [7, 11) is 1.65. The molecule has 2 aromatic rings. The van der Waals surface area contributed by atoms with Crippen LogP contribution < -0.4 is 11.1 Å². The Bertz CT molecular complexity index is 884. The average Bonchev–Trinajstić information content (AvgIpc) is 3.02. The van der Waals surface area contributed by atoms with Gasteiger partial charge in [0.15, 0.2) is 5.84 Å². The van der Waals surface area contributed by atoms with E-state index in [1.165, 1.54) is 6.34 Å². The first kappa shape index (κ1) is 20.0. The fraction of sp³-hybridized carbons (Fsp3) is 0.550. The number of rotatable bonds is 7. The van der Waals surface area contributed by atoms with Crippen LogP contribution in [-0.2, 0) is 11.2 Å². The molecule has 8 heteroatoms. The van der Waals surface area contributed by atoms with E-state index in [9.17, 15) is 4.79 Å². The molecule has 0 bridgehead atoms. The molecule has 1 aliphatic rings. The summed E-state index contributed by atoms with van der Waals surface area (Å²) in [5.41, 5.74) is 8.56. The van der Waals surface area contributed by atoms with E-state index in [1.54, 1.807) is 13.2 Å². The van der Waals surface area contributed by atoms with Gasteiger partial charge in [0.05, 0.1) is 11.7 Å². The predicted molar refractivity (Wildman–Crippen MR) is 112 cm³/mol. The topological polar surface area (TPSA) is 111 Å². The standard InChI is InChI=1S/C20H29N7O/c1-13(2)7-19-26-17-10-23-16(20(21)24-11-22-3)9-18(17)27(19)15-6-4-5-14(8-15)25-12-28/h9-15H,4-8H2,1-3H3,(H,25,28)(H2,21,22,24). The Labute approximate surface area is 165 Å². The van der Waals surface area contributed by atoms with Gasteiger partial charge in [0, 0.05) is 25.6 Å². The molecule has 2 atom stereocenters. The molecule has 2 heterocycles. The van der Waals surface area contributed by atoms with E-state index in [1.807, 2.05) is 6.07 Å². The molecule has 0 aromatic carbocycles. The van der Waals surface area contributed by atoms with Crippen LogP contribution in [-0.4, -0.2) is 46.2 Å². The summed E-state index contributed by atoms with van der Waals surface area (Å²) in [6.07, 6.45) is 8.94. The number of carbonyl (C=O) groups excluding carboxylic acids is 1. The lowest BCUT2D eigenvalue weighted by Crippen LogP contribution is -2.34. The number of fused-ring (bicyclic) bond motifs is 1. The molecule has 8 nitrogen and oxygen atoms in total. The summed E-state index contributed by atoms with van der Waals surface area (Å²) in [5.74, 6) is 1.88. The number of aliphatic imine (C=N–C) groups is 2. The summed E-state index contributed by atoms with van der Waals surface area (Å²) in [6, 6.07) is 2.45. The number of nitrogens with zero attached hydrogens (tertiary/aromatic N) is 5. The van der Waals surface area contributed by atoms with Gasteiger partial charge >= 0.3 is 0 Å². The second kappa shape index (κ2) is 8.95. The first-order valence-corrected chi connectivity index (χ1v) is 9.84. The molecule has 150 valence electrons. The van der Waals surface area contributed by atoms with Crippen LogP contribution in [0.1, 0.15) is 57.1 Å². The monoisotopic (exact) mass is 383 g/mol. The zero-order chi connectivity index (χ0) is 20.1. The van der Waals surface area contributed by atoms with E-state index in [0.717, 1.165) is 55.4 Å². The van der Waals surface area contributed by atoms with Gasteiger partial charge in [-0.2, -0.15) is 0 Å². The van der Waals surface area contributed by atoms with Crippen LogP contribution in [0.4, 0.5) is 0 Å². The average molecular weight is 384 g/mol. The molecule has 1 saturated carbocycles. The number of hydrogen-bond acceptors (Lipinski definition) is 4. The van der Waals surface area contributed by atoms with E-state index >= 15 is 0 Å². The van der Waals surface area contributed by atoms with Crippen molar-refractivity contribution >= 4 is 29.6 Å². The summed E-state index contributed by atoms with van der Waals surface area (Å²) in [5, 5.41) is 2.96. The van der Waals surface area contributed by atoms with Gasteiger partial charge in [-0.25, -0.2) is 9.98 Å². The van der Waals surface area contributed by atoms with Gasteiger partial charge in [0.1, 0.15) is 23.4 Å². The SMILES string of the molecule is CN=CN=C(N)c1cc2c(cn1)nc(CC(C)C)n2C1CCCC(NC=O)C1. The van der Waals surface area contributed by atoms with Gasteiger partial charge < -0.3 is 15.6 Å². The highest BCUT2D eigenvalue weighted by atomic mass is 16.1. The lowest BCUT2D eigenvalue weighted by atomic mass is 9.90. The lowest BCUT2D eigenvalue weighted by molar-refractivity contribution is -0.110. The number of carbonyl (C=O) groups is 1. The largest absolute Gasteiger partial charge is 0.382 e. The van der Waals surface area contributed by atoms with Crippen molar-refractivity contribution in [2.75, 3.05) is 7.05 Å². The molecule has 0 aliphatic heterocycles. The van der Waals surface area contributed by atoms with Crippen molar-refractivity contribution in [3.8, 4) is 0 Å². The third-order valence-corrected chi connectivity index (χ3v) is 5.13. The second-order valence-corrected chi connectivity index (χ2v) is 7.74. The van der Waals surface area contributed by atoms with Crippen molar-refractivity contribution in [1.29, 1.82) is 0 Å². The van der Waals surface area contributed by atoms with Crippen LogP contribution in [0.25, 0.3) is 11.0 Å². The van der Waals surface area contributed by atoms with Crippen molar-refractivity contribution in [2.45, 2.75) is 58.0 Å². The summed E-state index contributed by atoms with van der Waals surface area (Å²) >= 11 is 0. The number of nitrogens with one attached hydrogen (secondary N) is 1. The van der Waals surface area contributed by atoms with Crippen molar-refractivity contribution in [1.82, 2.24) is 19.9 Å². The normalized spacial score (nSPS) is 20.9. The van der Waals surface area contributed by atoms with Gasteiger partial charge in [0.25, 0.3) is 0 Å². The van der Waals surface area contributed by atoms with Crippen molar-refractivity contribution < 1.29 is 4.79 Å². The van der Waals surface area contributed by atoms with Gasteiger partial charge in [-0.3, -0.25) is 14.8 Å². The molecule has 2 aromatic heterocycles. The van der Waals surface area contributed by atoms with E-state index in [2.05, 4.69) is 38.7 Å². The van der Waals surface area contributed by atoms with Gasteiger partial charge in [-0.1, -0.05) is 13.8 Å². The van der Waals surface area contributed by atoms with Crippen LogP contribution in [0.2, 0.25) is 0 Å². The van der Waals surface area contributed by atoms with E-state index in [0.29, 0.717) is 17.4 Å². The number of amidine groups is 1. The third-order valence-electron chi connectivity index (χ3n) is 5.13. The van der Waals surface area contributed by atoms with Crippen LogP contribution in [0.15, 0.2) is 22.2 Å². The highest BCUT2D eigenvalue weighted by Crippen LogP contribution is 2.33.